The van der Waals surface area contributed by atoms with Gasteiger partial charge in [-0.2, -0.15) is 18.3 Å². The van der Waals surface area contributed by atoms with Crippen LogP contribution in [0.15, 0.2) is 48.9 Å². The van der Waals surface area contributed by atoms with Gasteiger partial charge in [-0.1, -0.05) is 11.6 Å². The normalized spacial score (nSPS) is 17.2. The van der Waals surface area contributed by atoms with Crippen LogP contribution in [0.25, 0.3) is 17.1 Å². The standard InChI is InChI=1S/C32H34ClF3N10O4/c1-43-25(23-16-46(42-27(23)32(34,35)36)26-5-2-19(37)13-39-26)14-40-28(43)29(48)41-20-3-4-22(24(33)12-20)31(50)44-9-6-18(7-10-44)30(49)45-11-8-38-21(15-45)17-47/h2-5,12-14,16,18,21,38,47H,6-11,15,17,37H2,1H3,(H,41,48). The number of likely N-dealkylation sites (tertiary alicyclic amines) is 1. The molecule has 0 bridgehead atoms. The molecule has 2 saturated heterocycles. The van der Waals surface area contributed by atoms with Crippen molar-refractivity contribution in [1.29, 1.82) is 0 Å². The third kappa shape index (κ3) is 7.15. The molecule has 3 amide bonds. The van der Waals surface area contributed by atoms with Gasteiger partial charge in [0, 0.05) is 63.6 Å². The van der Waals surface area contributed by atoms with Crippen LogP contribution in [0.5, 0.6) is 0 Å². The molecule has 5 heterocycles. The zero-order chi connectivity index (χ0) is 35.7. The van der Waals surface area contributed by atoms with Crippen molar-refractivity contribution in [1.82, 2.24) is 39.4 Å². The Morgan fingerprint density at radius 2 is 1.84 bits per heavy atom. The van der Waals surface area contributed by atoms with Crippen LogP contribution >= 0.6 is 11.6 Å². The Morgan fingerprint density at radius 3 is 2.50 bits per heavy atom. The predicted molar refractivity (Wildman–Crippen MR) is 176 cm³/mol. The largest absolute Gasteiger partial charge is 0.435 e. The summed E-state index contributed by atoms with van der Waals surface area (Å²) in [7, 11) is 1.40. The van der Waals surface area contributed by atoms with Crippen molar-refractivity contribution in [2.24, 2.45) is 13.0 Å². The Kier molecular flexibility index (Phi) is 9.82. The van der Waals surface area contributed by atoms with Crippen LogP contribution in [0.1, 0.15) is 39.5 Å². The summed E-state index contributed by atoms with van der Waals surface area (Å²) in [6, 6.07) is 7.13. The van der Waals surface area contributed by atoms with Crippen molar-refractivity contribution in [3.8, 4) is 17.1 Å². The van der Waals surface area contributed by atoms with Crippen molar-refractivity contribution in [3.05, 3.63) is 71.0 Å². The lowest BCUT2D eigenvalue weighted by Crippen LogP contribution is -2.56. The second kappa shape index (κ2) is 14.1. The number of imidazole rings is 1. The van der Waals surface area contributed by atoms with Gasteiger partial charge >= 0.3 is 6.18 Å². The van der Waals surface area contributed by atoms with E-state index in [0.29, 0.717) is 51.3 Å². The van der Waals surface area contributed by atoms with Gasteiger partial charge in [-0.25, -0.2) is 14.6 Å². The molecule has 3 aromatic heterocycles. The van der Waals surface area contributed by atoms with Gasteiger partial charge in [-0.3, -0.25) is 14.4 Å². The number of amides is 3. The van der Waals surface area contributed by atoms with Crippen molar-refractivity contribution in [2.45, 2.75) is 25.1 Å². The number of halogens is 4. The van der Waals surface area contributed by atoms with E-state index in [9.17, 15) is 32.7 Å². The number of hydrogen-bond acceptors (Lipinski definition) is 9. The Morgan fingerprint density at radius 1 is 1.08 bits per heavy atom. The molecule has 2 aliphatic heterocycles. The molecular weight excluding hydrogens is 681 g/mol. The SMILES string of the molecule is Cn1c(-c2cn(-c3ccc(N)cn3)nc2C(F)(F)F)cnc1C(=O)Nc1ccc(C(=O)N2CCC(C(=O)N3CCNC(CO)C3)CC2)c(Cl)c1. The number of rotatable bonds is 7. The summed E-state index contributed by atoms with van der Waals surface area (Å²) in [6.07, 6.45) is -0.237. The molecule has 4 aromatic rings. The highest BCUT2D eigenvalue weighted by atomic mass is 35.5. The first kappa shape index (κ1) is 34.8. The molecule has 1 aromatic carbocycles. The topological polar surface area (TPSA) is 177 Å². The van der Waals surface area contributed by atoms with E-state index in [0.717, 1.165) is 17.1 Å². The van der Waals surface area contributed by atoms with Gasteiger partial charge in [0.05, 0.1) is 46.5 Å². The number of carbonyl (C=O) groups is 3. The summed E-state index contributed by atoms with van der Waals surface area (Å²) >= 11 is 6.48. The van der Waals surface area contributed by atoms with E-state index in [2.05, 4.69) is 25.7 Å². The van der Waals surface area contributed by atoms with Gasteiger partial charge in [0.25, 0.3) is 11.8 Å². The molecule has 2 fully saturated rings. The third-order valence-electron chi connectivity index (χ3n) is 8.83. The van der Waals surface area contributed by atoms with Gasteiger partial charge in [0.15, 0.2) is 17.3 Å². The number of anilines is 2. The zero-order valence-electron chi connectivity index (χ0n) is 26.8. The molecule has 0 saturated carbocycles. The molecule has 2 aliphatic rings. The minimum Gasteiger partial charge on any atom is -0.397 e. The fourth-order valence-electron chi connectivity index (χ4n) is 6.15. The van der Waals surface area contributed by atoms with Crippen molar-refractivity contribution in [2.75, 3.05) is 50.4 Å². The van der Waals surface area contributed by atoms with Crippen molar-refractivity contribution in [3.63, 3.8) is 0 Å². The Labute approximate surface area is 289 Å². The molecule has 1 atom stereocenters. The lowest BCUT2D eigenvalue weighted by Gasteiger charge is -2.38. The number of nitrogens with two attached hydrogens (primary N) is 1. The number of aliphatic hydroxyl groups is 1. The number of piperidine rings is 1. The number of alkyl halides is 3. The van der Waals surface area contributed by atoms with Crippen molar-refractivity contribution >= 4 is 40.7 Å². The number of nitrogens with one attached hydrogen (secondary N) is 2. The smallest absolute Gasteiger partial charge is 0.397 e. The number of nitrogens with zero attached hydrogens (tertiary/aromatic N) is 7. The van der Waals surface area contributed by atoms with Crippen molar-refractivity contribution < 1.29 is 32.7 Å². The quantitative estimate of drug-likeness (QED) is 0.224. The number of piperazine rings is 1. The fraction of sp³-hybridized carbons (Fsp3) is 0.375. The van der Waals surface area contributed by atoms with Gasteiger partial charge in [-0.15, -0.1) is 0 Å². The van der Waals surface area contributed by atoms with E-state index < -0.39 is 17.8 Å². The summed E-state index contributed by atoms with van der Waals surface area (Å²) in [5.74, 6) is -1.30. The number of pyridine rings is 1. The maximum absolute atomic E-state index is 14.0. The molecule has 6 rings (SSSR count). The lowest BCUT2D eigenvalue weighted by molar-refractivity contribution is -0.141. The number of nitrogen functional groups attached to an aromatic ring is 1. The van der Waals surface area contributed by atoms with E-state index in [4.69, 9.17) is 17.3 Å². The minimum absolute atomic E-state index is 0.0177. The Balaban J connectivity index is 1.11. The second-order valence-corrected chi connectivity index (χ2v) is 12.5. The molecular formula is C32H34ClF3N10O4. The summed E-state index contributed by atoms with van der Waals surface area (Å²) in [5.41, 5.74) is 4.90. The maximum atomic E-state index is 14.0. The average molecular weight is 715 g/mol. The summed E-state index contributed by atoms with van der Waals surface area (Å²) in [4.78, 5) is 51.1. The number of hydrogen-bond donors (Lipinski definition) is 4. The first-order chi connectivity index (χ1) is 23.8. The molecule has 50 heavy (non-hydrogen) atoms. The molecule has 264 valence electrons. The summed E-state index contributed by atoms with van der Waals surface area (Å²) in [6.45, 7) is 2.32. The van der Waals surface area contributed by atoms with Crippen LogP contribution in [-0.2, 0) is 18.0 Å². The molecule has 5 N–H and O–H groups in total. The van der Waals surface area contributed by atoms with Crippen LogP contribution in [0.2, 0.25) is 5.02 Å². The third-order valence-corrected chi connectivity index (χ3v) is 9.14. The molecule has 1 unspecified atom stereocenters. The molecule has 14 nitrogen and oxygen atoms in total. The molecule has 0 radical (unpaired) electrons. The highest BCUT2D eigenvalue weighted by Gasteiger charge is 2.39. The van der Waals surface area contributed by atoms with Crippen LogP contribution in [0.3, 0.4) is 0 Å². The number of benzene rings is 1. The minimum atomic E-state index is -4.82. The van der Waals surface area contributed by atoms with Gasteiger partial charge < -0.3 is 35.8 Å². The maximum Gasteiger partial charge on any atom is 0.435 e. The van der Waals surface area contributed by atoms with Crippen LogP contribution < -0.4 is 16.4 Å². The first-order valence-electron chi connectivity index (χ1n) is 15.8. The number of carbonyl (C=O) groups excluding carboxylic acids is 3. The molecule has 0 spiro atoms. The van der Waals surface area contributed by atoms with E-state index in [-0.39, 0.29) is 69.6 Å². The van der Waals surface area contributed by atoms with Crippen LogP contribution in [0.4, 0.5) is 24.5 Å². The fourth-order valence-corrected chi connectivity index (χ4v) is 6.41. The second-order valence-electron chi connectivity index (χ2n) is 12.1. The van der Waals surface area contributed by atoms with Gasteiger partial charge in [0.2, 0.25) is 5.91 Å². The summed E-state index contributed by atoms with van der Waals surface area (Å²) in [5, 5.41) is 19.0. The molecule has 18 heteroatoms. The highest BCUT2D eigenvalue weighted by Crippen LogP contribution is 2.37. The monoisotopic (exact) mass is 714 g/mol. The van der Waals surface area contributed by atoms with Gasteiger partial charge in [-0.05, 0) is 43.2 Å². The first-order valence-corrected chi connectivity index (χ1v) is 16.2. The van der Waals surface area contributed by atoms with E-state index >= 15 is 0 Å². The average Bonchev–Trinajstić information content (AvgIpc) is 3.72. The van der Waals surface area contributed by atoms with E-state index in [1.165, 1.54) is 48.1 Å². The van der Waals surface area contributed by atoms with Gasteiger partial charge in [0.1, 0.15) is 0 Å². The highest BCUT2D eigenvalue weighted by molar-refractivity contribution is 6.34. The Hall–Kier alpha value is -5.00. The Bertz CT molecular complexity index is 1900. The summed E-state index contributed by atoms with van der Waals surface area (Å²) < 4.78 is 44.2. The zero-order valence-corrected chi connectivity index (χ0v) is 27.6. The van der Waals surface area contributed by atoms with Crippen LogP contribution in [-0.4, -0.2) is 102 Å². The number of aliphatic hydroxyl groups excluding tert-OH is 1. The van der Waals surface area contributed by atoms with E-state index in [1.54, 1.807) is 9.80 Å². The predicted octanol–water partition coefficient (Wildman–Crippen LogP) is 2.82. The lowest BCUT2D eigenvalue weighted by atomic mass is 9.94. The van der Waals surface area contributed by atoms with Crippen LogP contribution in [0, 0.1) is 5.92 Å². The molecule has 0 aliphatic carbocycles. The number of aromatic nitrogens is 5. The van der Waals surface area contributed by atoms with E-state index in [1.807, 2.05) is 0 Å².